The van der Waals surface area contributed by atoms with E-state index in [1.54, 1.807) is 7.11 Å². The van der Waals surface area contributed by atoms with Crippen LogP contribution in [0.15, 0.2) is 48.0 Å². The second kappa shape index (κ2) is 9.25. The van der Waals surface area contributed by atoms with Crippen molar-refractivity contribution in [2.24, 2.45) is 0 Å². The molecule has 2 aliphatic rings. The molecule has 2 aromatic rings. The van der Waals surface area contributed by atoms with Crippen LogP contribution in [-0.2, 0) is 11.2 Å². The topological polar surface area (TPSA) is 48.0 Å². The van der Waals surface area contributed by atoms with Gasteiger partial charge in [-0.3, -0.25) is 9.69 Å². The van der Waals surface area contributed by atoms with E-state index in [1.807, 2.05) is 48.5 Å². The van der Waals surface area contributed by atoms with Gasteiger partial charge in [0, 0.05) is 30.8 Å². The number of aryl methyl sites for hydroxylation is 1. The molecule has 1 aliphatic heterocycles. The predicted molar refractivity (Wildman–Crippen MR) is 113 cm³/mol. The molecule has 1 saturated heterocycles. The lowest BCUT2D eigenvalue weighted by molar-refractivity contribution is 0.0322. The maximum absolute atomic E-state index is 13.0. The van der Waals surface area contributed by atoms with Crippen molar-refractivity contribution in [2.75, 3.05) is 46.6 Å². The molecule has 4 rings (SSSR count). The van der Waals surface area contributed by atoms with Crippen LogP contribution in [0, 0.1) is 0 Å². The fourth-order valence-electron chi connectivity index (χ4n) is 3.79. The van der Waals surface area contributed by atoms with Gasteiger partial charge in [-0.15, -0.1) is 0 Å². The fourth-order valence-corrected chi connectivity index (χ4v) is 3.79. The van der Waals surface area contributed by atoms with E-state index in [2.05, 4.69) is 4.90 Å². The maximum Gasteiger partial charge on any atom is 0.189 e. The summed E-state index contributed by atoms with van der Waals surface area (Å²) in [4.78, 5) is 15.4. The molecule has 0 unspecified atom stereocenters. The van der Waals surface area contributed by atoms with Gasteiger partial charge in [0.05, 0.1) is 20.3 Å². The van der Waals surface area contributed by atoms with Crippen molar-refractivity contribution in [1.29, 1.82) is 0 Å². The summed E-state index contributed by atoms with van der Waals surface area (Å²) in [6.07, 6.45) is 3.61. The van der Waals surface area contributed by atoms with Crippen LogP contribution in [0.3, 0.4) is 0 Å². The zero-order chi connectivity index (χ0) is 20.1. The molecule has 1 heterocycles. The van der Waals surface area contributed by atoms with Gasteiger partial charge in [-0.1, -0.05) is 18.2 Å². The van der Waals surface area contributed by atoms with Gasteiger partial charge in [0.1, 0.15) is 18.1 Å². The molecule has 152 valence electrons. The summed E-state index contributed by atoms with van der Waals surface area (Å²) in [6.45, 7) is 4.96. The Bertz CT molecular complexity index is 882. The summed E-state index contributed by atoms with van der Waals surface area (Å²) in [5.74, 6) is 1.67. The SMILES string of the molecule is COc1ccc(/C=C2\CCc3ccc(OCCN4CCOCC4)cc3C2=O)cc1. The Kier molecular flexibility index (Phi) is 6.27. The molecule has 5 nitrogen and oxygen atoms in total. The lowest BCUT2D eigenvalue weighted by atomic mass is 9.86. The Morgan fingerprint density at radius 2 is 1.79 bits per heavy atom. The minimum absolute atomic E-state index is 0.0979. The lowest BCUT2D eigenvalue weighted by Crippen LogP contribution is -2.38. The highest BCUT2D eigenvalue weighted by Gasteiger charge is 2.22. The number of rotatable bonds is 6. The Hall–Kier alpha value is -2.63. The molecular formula is C24H27NO4. The first-order chi connectivity index (χ1) is 14.2. The zero-order valence-corrected chi connectivity index (χ0v) is 16.9. The molecule has 0 spiro atoms. The van der Waals surface area contributed by atoms with Crippen LogP contribution in [-0.4, -0.2) is 57.2 Å². The van der Waals surface area contributed by atoms with Crippen molar-refractivity contribution in [1.82, 2.24) is 4.90 Å². The summed E-state index contributed by atoms with van der Waals surface area (Å²) >= 11 is 0. The molecule has 29 heavy (non-hydrogen) atoms. The van der Waals surface area contributed by atoms with E-state index in [0.29, 0.717) is 6.61 Å². The number of fused-ring (bicyclic) bond motifs is 1. The van der Waals surface area contributed by atoms with Crippen LogP contribution in [0.2, 0.25) is 0 Å². The zero-order valence-electron chi connectivity index (χ0n) is 16.9. The second-order valence-corrected chi connectivity index (χ2v) is 7.39. The quantitative estimate of drug-likeness (QED) is 0.702. The summed E-state index contributed by atoms with van der Waals surface area (Å²) in [7, 11) is 1.65. The van der Waals surface area contributed by atoms with Crippen molar-refractivity contribution in [3.63, 3.8) is 0 Å². The van der Waals surface area contributed by atoms with Gasteiger partial charge in [0.15, 0.2) is 5.78 Å². The van der Waals surface area contributed by atoms with Crippen LogP contribution in [0.25, 0.3) is 6.08 Å². The fraction of sp³-hybridized carbons (Fsp3) is 0.375. The Balaban J connectivity index is 1.43. The molecule has 1 fully saturated rings. The summed E-state index contributed by atoms with van der Waals surface area (Å²) in [5, 5.41) is 0. The minimum atomic E-state index is 0.0979. The van der Waals surface area contributed by atoms with Crippen LogP contribution in [0.4, 0.5) is 0 Å². The van der Waals surface area contributed by atoms with Gasteiger partial charge >= 0.3 is 0 Å². The third-order valence-electron chi connectivity index (χ3n) is 5.52. The molecule has 2 aromatic carbocycles. The van der Waals surface area contributed by atoms with E-state index >= 15 is 0 Å². The van der Waals surface area contributed by atoms with E-state index in [9.17, 15) is 4.79 Å². The predicted octanol–water partition coefficient (Wildman–Crippen LogP) is 3.62. The number of ketones is 1. The van der Waals surface area contributed by atoms with Gasteiger partial charge < -0.3 is 14.2 Å². The molecule has 1 aliphatic carbocycles. The smallest absolute Gasteiger partial charge is 0.189 e. The minimum Gasteiger partial charge on any atom is -0.497 e. The second-order valence-electron chi connectivity index (χ2n) is 7.39. The highest BCUT2D eigenvalue weighted by molar-refractivity contribution is 6.13. The van der Waals surface area contributed by atoms with E-state index in [-0.39, 0.29) is 5.78 Å². The van der Waals surface area contributed by atoms with Crippen LogP contribution >= 0.6 is 0 Å². The Morgan fingerprint density at radius 3 is 2.55 bits per heavy atom. The summed E-state index contributed by atoms with van der Waals surface area (Å²) < 4.78 is 16.5. The highest BCUT2D eigenvalue weighted by Crippen LogP contribution is 2.30. The number of nitrogens with zero attached hydrogens (tertiary/aromatic N) is 1. The van der Waals surface area contributed by atoms with E-state index < -0.39 is 0 Å². The third-order valence-corrected chi connectivity index (χ3v) is 5.52. The molecule has 0 radical (unpaired) electrons. The Morgan fingerprint density at radius 1 is 1.03 bits per heavy atom. The van der Waals surface area contributed by atoms with E-state index in [0.717, 1.165) is 79.5 Å². The van der Waals surface area contributed by atoms with Gasteiger partial charge in [-0.05, 0) is 54.3 Å². The standard InChI is InChI=1S/C24H27NO4/c1-27-21-7-2-18(3-8-21)16-20-5-4-19-6-9-22(17-23(19)24(20)26)29-15-12-25-10-13-28-14-11-25/h2-3,6-9,16-17H,4-5,10-15H2,1H3/b20-16+. The molecule has 0 N–H and O–H groups in total. The number of ether oxygens (including phenoxy) is 3. The average Bonchev–Trinajstić information content (AvgIpc) is 2.77. The molecule has 0 aromatic heterocycles. The van der Waals surface area contributed by atoms with Crippen LogP contribution in [0.1, 0.15) is 27.9 Å². The first kappa shape index (κ1) is 19.7. The van der Waals surface area contributed by atoms with Gasteiger partial charge in [-0.25, -0.2) is 0 Å². The van der Waals surface area contributed by atoms with Crippen molar-refractivity contribution >= 4 is 11.9 Å². The van der Waals surface area contributed by atoms with Crippen molar-refractivity contribution < 1.29 is 19.0 Å². The lowest BCUT2D eigenvalue weighted by Gasteiger charge is -2.26. The van der Waals surface area contributed by atoms with E-state index in [4.69, 9.17) is 14.2 Å². The molecule has 0 bridgehead atoms. The molecule has 5 heteroatoms. The number of carbonyl (C=O) groups is 1. The van der Waals surface area contributed by atoms with Crippen molar-refractivity contribution in [3.8, 4) is 11.5 Å². The molecule has 0 atom stereocenters. The first-order valence-electron chi connectivity index (χ1n) is 10.2. The normalized spacial score (nSPS) is 18.5. The Labute approximate surface area is 171 Å². The number of hydrogen-bond donors (Lipinski definition) is 0. The molecular weight excluding hydrogens is 366 g/mol. The molecule has 0 saturated carbocycles. The van der Waals surface area contributed by atoms with Crippen molar-refractivity contribution in [3.05, 3.63) is 64.7 Å². The maximum atomic E-state index is 13.0. The number of hydrogen-bond acceptors (Lipinski definition) is 5. The van der Waals surface area contributed by atoms with Gasteiger partial charge in [0.25, 0.3) is 0 Å². The summed E-state index contributed by atoms with van der Waals surface area (Å²) in [5.41, 5.74) is 3.71. The monoisotopic (exact) mass is 393 g/mol. The number of methoxy groups -OCH3 is 1. The summed E-state index contributed by atoms with van der Waals surface area (Å²) in [6, 6.07) is 13.7. The van der Waals surface area contributed by atoms with Crippen LogP contribution < -0.4 is 9.47 Å². The number of carbonyl (C=O) groups excluding carboxylic acids is 1. The number of Topliss-reactive ketones (excluding diaryl/α,β-unsaturated/α-hetero) is 1. The largest absolute Gasteiger partial charge is 0.497 e. The van der Waals surface area contributed by atoms with Gasteiger partial charge in [-0.2, -0.15) is 0 Å². The number of morpholine rings is 1. The number of allylic oxidation sites excluding steroid dienone is 1. The molecule has 0 amide bonds. The van der Waals surface area contributed by atoms with Crippen LogP contribution in [0.5, 0.6) is 11.5 Å². The first-order valence-corrected chi connectivity index (χ1v) is 10.2. The highest BCUT2D eigenvalue weighted by atomic mass is 16.5. The third kappa shape index (κ3) is 4.86. The van der Waals surface area contributed by atoms with E-state index in [1.165, 1.54) is 0 Å². The van der Waals surface area contributed by atoms with Gasteiger partial charge in [0.2, 0.25) is 0 Å². The number of benzene rings is 2. The van der Waals surface area contributed by atoms with Crippen molar-refractivity contribution in [2.45, 2.75) is 12.8 Å². The average molecular weight is 393 g/mol.